The summed E-state index contributed by atoms with van der Waals surface area (Å²) in [6.45, 7) is 1.60. The van der Waals surface area contributed by atoms with Crippen molar-refractivity contribution in [2.24, 2.45) is 10.9 Å². The molecule has 1 saturated heterocycles. The van der Waals surface area contributed by atoms with Gasteiger partial charge < -0.3 is 68.5 Å². The van der Waals surface area contributed by atoms with Crippen LogP contribution in [0.25, 0.3) is 11.2 Å². The molecule has 20 N–H and O–H groups in total. The largest absolute Gasteiger partial charge is 0.481 e. The molecule has 1 fully saturated rings. The van der Waals surface area contributed by atoms with Crippen molar-refractivity contribution in [3.63, 3.8) is 0 Å². The molecule has 7 atom stereocenters. The number of anilines is 3. The minimum Gasteiger partial charge on any atom is -0.481 e. The van der Waals surface area contributed by atoms with Crippen LogP contribution in [-0.4, -0.2) is 187 Å². The molecule has 0 radical (unpaired) electrons. The van der Waals surface area contributed by atoms with Crippen molar-refractivity contribution < 1.29 is 93.1 Å². The Labute approximate surface area is 504 Å². The van der Waals surface area contributed by atoms with Crippen molar-refractivity contribution in [2.45, 2.75) is 106 Å². The lowest BCUT2D eigenvalue weighted by Crippen LogP contribution is -2.59. The average molecular weight is 1260 g/mol. The third kappa shape index (κ3) is 20.7. The van der Waals surface area contributed by atoms with E-state index in [1.807, 2.05) is 10.6 Å². The van der Waals surface area contributed by atoms with Gasteiger partial charge in [-0.05, 0) is 68.1 Å². The minimum atomic E-state index is -2.17. The zero-order valence-electron chi connectivity index (χ0n) is 46.7. The second-order valence-corrected chi connectivity index (χ2v) is 20.6. The number of rotatable bonds is 35. The van der Waals surface area contributed by atoms with Crippen LogP contribution in [-0.2, 0) is 64.1 Å². The van der Waals surface area contributed by atoms with Crippen molar-refractivity contribution in [1.29, 1.82) is 0 Å². The number of nitrogens with zero attached hydrogens (tertiary/aromatic N) is 5. The Hall–Kier alpha value is -10.7. The fourth-order valence-corrected chi connectivity index (χ4v) is 9.49. The number of nitrogens with one attached hydrogen (secondary N) is 10. The van der Waals surface area contributed by atoms with Crippen LogP contribution in [0.4, 0.5) is 17.3 Å². The second kappa shape index (κ2) is 32.7. The molecular formula is C51H61N17O20S. The van der Waals surface area contributed by atoms with Gasteiger partial charge in [-0.1, -0.05) is 12.1 Å². The first-order valence-corrected chi connectivity index (χ1v) is 27.5. The van der Waals surface area contributed by atoms with Gasteiger partial charge in [0.05, 0.1) is 54.3 Å². The van der Waals surface area contributed by atoms with Gasteiger partial charge in [0.25, 0.3) is 11.5 Å². The molecule has 37 nitrogen and oxygen atoms in total. The third-order valence-corrected chi connectivity index (χ3v) is 14.1. The summed E-state index contributed by atoms with van der Waals surface area (Å²) < 4.78 is 0. The summed E-state index contributed by atoms with van der Waals surface area (Å²) in [6, 6.07) is -0.193. The number of aromatic nitrogens is 4. The number of hydrazone groups is 1. The molecule has 0 saturated carbocycles. The van der Waals surface area contributed by atoms with Crippen molar-refractivity contribution in [3.05, 3.63) is 81.9 Å². The van der Waals surface area contributed by atoms with Gasteiger partial charge in [0.15, 0.2) is 11.2 Å². The fraction of sp³-hybridized carbons (Fsp3) is 0.373. The maximum absolute atomic E-state index is 13.9. The number of imide groups is 1. The van der Waals surface area contributed by atoms with Crippen LogP contribution in [0.2, 0.25) is 0 Å². The molecule has 8 amide bonds. The molecule has 0 spiro atoms. The highest BCUT2D eigenvalue weighted by molar-refractivity contribution is 8.00. The second-order valence-electron chi connectivity index (χ2n) is 19.3. The van der Waals surface area contributed by atoms with Gasteiger partial charge in [-0.25, -0.2) is 24.5 Å². The number of nitrogen functional groups attached to an aromatic ring is 1. The number of thioether (sulfide) groups is 1. The molecule has 1 aliphatic heterocycles. The molecule has 3 heterocycles. The third-order valence-electron chi connectivity index (χ3n) is 12.8. The number of carboxylic acid groups (broad SMARTS) is 5. The molecular weight excluding hydrogens is 1200 g/mol. The van der Waals surface area contributed by atoms with Crippen LogP contribution in [0, 0.1) is 0 Å². The molecule has 38 heteroatoms. The Morgan fingerprint density at radius 3 is 1.79 bits per heavy atom. The number of carbonyl (C=O) groups excluding carboxylic acids is 8. The highest BCUT2D eigenvalue weighted by atomic mass is 32.2. The zero-order chi connectivity index (χ0) is 65.6. The predicted octanol–water partition coefficient (Wildman–Crippen LogP) is -4.19. The van der Waals surface area contributed by atoms with E-state index in [1.54, 1.807) is 12.5 Å². The Bertz CT molecular complexity index is 3440. The predicted molar refractivity (Wildman–Crippen MR) is 307 cm³/mol. The van der Waals surface area contributed by atoms with E-state index in [4.69, 9.17) is 16.8 Å². The fourth-order valence-electron chi connectivity index (χ4n) is 8.33. The topological polar surface area (TPSA) is 591 Å². The zero-order valence-corrected chi connectivity index (χ0v) is 47.5. The van der Waals surface area contributed by atoms with E-state index in [1.165, 1.54) is 54.7 Å². The summed E-state index contributed by atoms with van der Waals surface area (Å²) in [5.41, 5.74) is 10.7. The van der Waals surface area contributed by atoms with Crippen LogP contribution < -0.4 is 70.3 Å². The maximum atomic E-state index is 13.9. The quantitative estimate of drug-likeness (QED) is 0.00683. The molecule has 476 valence electrons. The van der Waals surface area contributed by atoms with Crippen LogP contribution in [0.1, 0.15) is 79.9 Å². The number of H-pyrrole nitrogens is 1. The first-order valence-electron chi connectivity index (χ1n) is 26.4. The number of hydrazine groups is 1. The number of hydrogen-bond acceptors (Lipinski definition) is 25. The van der Waals surface area contributed by atoms with E-state index in [9.17, 15) is 92.7 Å². The van der Waals surface area contributed by atoms with Crippen LogP contribution in [0.15, 0.2) is 64.6 Å². The van der Waals surface area contributed by atoms with Gasteiger partial charge in [-0.15, -0.1) is 11.8 Å². The summed E-state index contributed by atoms with van der Waals surface area (Å²) in [4.78, 5) is 195. The summed E-state index contributed by atoms with van der Waals surface area (Å²) in [5.74, 6) is -12.8. The normalized spacial score (nSPS) is 15.0. The SMILES string of the molecule is CC(=NNO)c1ccc(N2C(=O)CC(SCC(NC(=O)[C@H](CC(=O)O)NC(=O)[C@H](CC(=O)O)NC(=O)[C@H](CCCNN)NC(=O)C(CC(=O)O)NC(=O)CC[C@H](NC(=O)c3ccc(NCc4cnc5nc(N)[nH]c(=O)c5n4)cc3)C(=O)O)C(=O)O)C2=O)cc1. The molecule has 4 aromatic rings. The van der Waals surface area contributed by atoms with E-state index in [0.29, 0.717) is 34.4 Å². The molecule has 0 bridgehead atoms. The molecule has 89 heavy (non-hydrogen) atoms. The molecule has 1 aliphatic rings. The molecule has 3 unspecified atom stereocenters. The number of amides is 8. The minimum absolute atomic E-state index is 0.0142. The molecule has 0 aliphatic carbocycles. The Morgan fingerprint density at radius 2 is 1.24 bits per heavy atom. The smallest absolute Gasteiger partial charge is 0.327 e. The first kappa shape index (κ1) is 69.0. The highest BCUT2D eigenvalue weighted by Gasteiger charge is 2.41. The Kier molecular flexibility index (Phi) is 25.4. The van der Waals surface area contributed by atoms with E-state index in [0.717, 1.165) is 4.90 Å². The lowest BCUT2D eigenvalue weighted by atomic mass is 10.1. The summed E-state index contributed by atoms with van der Waals surface area (Å²) in [7, 11) is 0. The van der Waals surface area contributed by atoms with Gasteiger partial charge in [0.1, 0.15) is 36.3 Å². The monoisotopic (exact) mass is 1260 g/mol. The Morgan fingerprint density at radius 1 is 0.697 bits per heavy atom. The van der Waals surface area contributed by atoms with E-state index < -0.39 is 162 Å². The number of carbonyl (C=O) groups is 13. The number of benzene rings is 2. The number of aliphatic carboxylic acids is 5. The lowest BCUT2D eigenvalue weighted by molar-refractivity contribution is -0.144. The van der Waals surface area contributed by atoms with Crippen LogP contribution >= 0.6 is 11.8 Å². The number of carboxylic acids is 5. The average Bonchev–Trinajstić information content (AvgIpc) is 2.30. The summed E-state index contributed by atoms with van der Waals surface area (Å²) in [6.07, 6.45) is -4.41. The van der Waals surface area contributed by atoms with Gasteiger partial charge in [-0.2, -0.15) is 15.7 Å². The molecule has 2 aromatic heterocycles. The van der Waals surface area contributed by atoms with Gasteiger partial charge >= 0.3 is 29.8 Å². The van der Waals surface area contributed by atoms with Crippen molar-refractivity contribution in [3.8, 4) is 0 Å². The van der Waals surface area contributed by atoms with Crippen molar-refractivity contribution in [2.75, 3.05) is 28.2 Å². The van der Waals surface area contributed by atoms with E-state index in [2.05, 4.69) is 57.0 Å². The number of hydrogen-bond donors (Lipinski definition) is 18. The number of nitrogens with two attached hydrogens (primary N) is 2. The van der Waals surface area contributed by atoms with Gasteiger partial charge in [0.2, 0.25) is 47.3 Å². The molecule has 2 aromatic carbocycles. The lowest BCUT2D eigenvalue weighted by Gasteiger charge is -2.26. The van der Waals surface area contributed by atoms with E-state index in [-0.39, 0.29) is 60.7 Å². The van der Waals surface area contributed by atoms with Crippen molar-refractivity contribution in [1.82, 2.24) is 62.9 Å². The molecule has 5 rings (SSSR count). The maximum Gasteiger partial charge on any atom is 0.327 e. The summed E-state index contributed by atoms with van der Waals surface area (Å²) in [5, 5.41) is 76.0. The summed E-state index contributed by atoms with van der Waals surface area (Å²) >= 11 is 0.659. The Balaban J connectivity index is 1.19. The van der Waals surface area contributed by atoms with Crippen LogP contribution in [0.5, 0.6) is 0 Å². The van der Waals surface area contributed by atoms with Gasteiger partial charge in [0, 0.05) is 36.4 Å². The first-order chi connectivity index (χ1) is 42.2. The standard InChI is InChI=1S/C51H61N17O20S/c1-22(66-67-88)23-6-10-27(11-7-23)68-36(70)18-34(48(68)83)89-21-33(50(86)87)63-46(81)32(17-39(75)76)62-45(80)31(16-38(73)74)61-43(78)28(3-2-14-56-53)59-44(79)30(15-37(71)72)58-35(69)13-12-29(49(84)85)60-42(77)24-4-8-25(9-5-24)54-19-26-20-55-41-40(57-26)47(82)65-51(52)64-41/h4-11,20,28-34,54,56,67,88H,2-3,12-19,21,53H2,1H3,(H,58,69)(H,59,79)(H,60,77)(H,61,78)(H,62,80)(H,63,81)(H,71,72)(H,73,74)(H,75,76)(H,84,85)(H,86,87)(H3,52,55,64,65,82)/t28-,29-,30?,31-,32-,33?,34?/m0/s1. The van der Waals surface area contributed by atoms with Crippen molar-refractivity contribution >= 4 is 123 Å². The number of fused-ring (bicyclic) bond motifs is 1. The van der Waals surface area contributed by atoms with Gasteiger partial charge in [-0.3, -0.25) is 79.0 Å². The number of aromatic amines is 1. The highest BCUT2D eigenvalue weighted by Crippen LogP contribution is 2.30. The van der Waals surface area contributed by atoms with E-state index >= 15 is 0 Å². The van der Waals surface area contributed by atoms with Crippen LogP contribution in [0.3, 0.4) is 0 Å².